The van der Waals surface area contributed by atoms with Crippen LogP contribution in [0.15, 0.2) is 55.1 Å². The van der Waals surface area contributed by atoms with Crippen molar-refractivity contribution >= 4 is 17.3 Å². The first-order valence-electron chi connectivity index (χ1n) is 8.19. The van der Waals surface area contributed by atoms with Gasteiger partial charge < -0.3 is 10.2 Å². The molecule has 0 atom stereocenters. The van der Waals surface area contributed by atoms with Crippen LogP contribution < -0.4 is 10.2 Å². The first kappa shape index (κ1) is 16.6. The predicted octanol–water partition coefficient (Wildman–Crippen LogP) is 2.76. The van der Waals surface area contributed by atoms with E-state index in [1.807, 2.05) is 24.3 Å². The Balaban J connectivity index is 1.67. The Labute approximate surface area is 146 Å². The van der Waals surface area contributed by atoms with Crippen molar-refractivity contribution in [1.82, 2.24) is 19.7 Å². The molecule has 0 bridgehead atoms. The summed E-state index contributed by atoms with van der Waals surface area (Å²) in [4.78, 5) is 18.5. The molecular weight excluding hydrogens is 316 g/mol. The summed E-state index contributed by atoms with van der Waals surface area (Å²) >= 11 is 0. The number of anilines is 2. The highest BCUT2D eigenvalue weighted by Crippen LogP contribution is 2.18. The van der Waals surface area contributed by atoms with E-state index in [2.05, 4.69) is 39.2 Å². The molecule has 2 heterocycles. The molecule has 0 spiro atoms. The summed E-state index contributed by atoms with van der Waals surface area (Å²) in [6.45, 7) is 6.12. The van der Waals surface area contributed by atoms with E-state index >= 15 is 0 Å². The molecule has 7 nitrogen and oxygen atoms in total. The second kappa shape index (κ2) is 7.57. The van der Waals surface area contributed by atoms with Crippen molar-refractivity contribution in [1.29, 1.82) is 0 Å². The Morgan fingerprint density at radius 2 is 1.84 bits per heavy atom. The fraction of sp³-hybridized carbons (Fsp3) is 0.222. The molecule has 0 radical (unpaired) electrons. The summed E-state index contributed by atoms with van der Waals surface area (Å²) in [5.74, 6) is 0.317. The first-order valence-corrected chi connectivity index (χ1v) is 8.19. The van der Waals surface area contributed by atoms with Crippen molar-refractivity contribution in [3.8, 4) is 5.82 Å². The Morgan fingerprint density at radius 3 is 2.40 bits per heavy atom. The average Bonchev–Trinajstić information content (AvgIpc) is 3.19. The highest BCUT2D eigenvalue weighted by atomic mass is 16.1. The molecule has 0 saturated carbocycles. The molecule has 3 aromatic rings. The molecule has 1 amide bonds. The van der Waals surface area contributed by atoms with E-state index < -0.39 is 0 Å². The monoisotopic (exact) mass is 336 g/mol. The Morgan fingerprint density at radius 1 is 1.08 bits per heavy atom. The minimum absolute atomic E-state index is 0.261. The van der Waals surface area contributed by atoms with Gasteiger partial charge in [0.15, 0.2) is 11.5 Å². The highest BCUT2D eigenvalue weighted by Gasteiger charge is 2.10. The van der Waals surface area contributed by atoms with Gasteiger partial charge in [-0.3, -0.25) is 9.36 Å². The van der Waals surface area contributed by atoms with Crippen molar-refractivity contribution in [2.45, 2.75) is 13.8 Å². The minimum atomic E-state index is -0.291. The number of nitrogens with one attached hydrogen (secondary N) is 1. The summed E-state index contributed by atoms with van der Waals surface area (Å²) in [6, 6.07) is 11.1. The maximum absolute atomic E-state index is 12.3. The molecule has 0 unspecified atom stereocenters. The number of hydrogen-bond donors (Lipinski definition) is 1. The van der Waals surface area contributed by atoms with Crippen LogP contribution in [0.4, 0.5) is 11.4 Å². The fourth-order valence-electron chi connectivity index (χ4n) is 2.52. The van der Waals surface area contributed by atoms with Crippen LogP contribution in [-0.2, 0) is 0 Å². The SMILES string of the molecule is CCN(CC)c1ccc(NC(=O)c2ccc(-n3ccnc3)nn2)cc1. The number of aromatic nitrogens is 4. The molecule has 3 rings (SSSR count). The molecule has 128 valence electrons. The van der Waals surface area contributed by atoms with E-state index in [9.17, 15) is 4.79 Å². The van der Waals surface area contributed by atoms with Gasteiger partial charge in [-0.2, -0.15) is 0 Å². The summed E-state index contributed by atoms with van der Waals surface area (Å²) in [5.41, 5.74) is 2.12. The number of nitrogens with zero attached hydrogens (tertiary/aromatic N) is 5. The number of carbonyl (C=O) groups excluding carboxylic acids is 1. The van der Waals surface area contributed by atoms with Gasteiger partial charge >= 0.3 is 0 Å². The zero-order chi connectivity index (χ0) is 17.6. The first-order chi connectivity index (χ1) is 12.2. The molecule has 0 fully saturated rings. The molecule has 1 N–H and O–H groups in total. The van der Waals surface area contributed by atoms with E-state index in [4.69, 9.17) is 0 Å². The molecule has 1 aromatic carbocycles. The smallest absolute Gasteiger partial charge is 0.276 e. The van der Waals surface area contributed by atoms with Crippen molar-refractivity contribution in [2.75, 3.05) is 23.3 Å². The number of benzene rings is 1. The van der Waals surface area contributed by atoms with Gasteiger partial charge in [0.05, 0.1) is 0 Å². The van der Waals surface area contributed by atoms with Crippen LogP contribution in [-0.4, -0.2) is 38.7 Å². The van der Waals surface area contributed by atoms with E-state index in [0.29, 0.717) is 5.82 Å². The summed E-state index contributed by atoms with van der Waals surface area (Å²) in [6.07, 6.45) is 5.05. The van der Waals surface area contributed by atoms with Gasteiger partial charge in [0.25, 0.3) is 5.91 Å². The van der Waals surface area contributed by atoms with Gasteiger partial charge in [0, 0.05) is 36.9 Å². The lowest BCUT2D eigenvalue weighted by Crippen LogP contribution is -2.21. The molecular formula is C18H20N6O. The lowest BCUT2D eigenvalue weighted by molar-refractivity contribution is 0.102. The summed E-state index contributed by atoms with van der Waals surface area (Å²) < 4.78 is 1.72. The molecule has 25 heavy (non-hydrogen) atoms. The lowest BCUT2D eigenvalue weighted by Gasteiger charge is -2.21. The predicted molar refractivity (Wildman–Crippen MR) is 97.1 cm³/mol. The zero-order valence-electron chi connectivity index (χ0n) is 14.3. The van der Waals surface area contributed by atoms with E-state index in [1.165, 1.54) is 0 Å². The number of hydrogen-bond acceptors (Lipinski definition) is 5. The normalized spacial score (nSPS) is 10.5. The Kier molecular flexibility index (Phi) is 5.03. The minimum Gasteiger partial charge on any atom is -0.372 e. The van der Waals surface area contributed by atoms with Gasteiger partial charge in [0.2, 0.25) is 0 Å². The maximum Gasteiger partial charge on any atom is 0.276 e. The van der Waals surface area contributed by atoms with Crippen molar-refractivity contribution in [3.63, 3.8) is 0 Å². The Hall–Kier alpha value is -3.22. The number of amides is 1. The third kappa shape index (κ3) is 3.82. The second-order valence-electron chi connectivity index (χ2n) is 5.42. The van der Waals surface area contributed by atoms with E-state index in [0.717, 1.165) is 24.5 Å². The van der Waals surface area contributed by atoms with Gasteiger partial charge in [-0.05, 0) is 50.2 Å². The van der Waals surface area contributed by atoms with Gasteiger partial charge in [-0.1, -0.05) is 0 Å². The average molecular weight is 336 g/mol. The topological polar surface area (TPSA) is 75.9 Å². The Bertz CT molecular complexity index is 808. The molecule has 2 aromatic heterocycles. The van der Waals surface area contributed by atoms with Gasteiger partial charge in [0.1, 0.15) is 6.33 Å². The fourth-order valence-corrected chi connectivity index (χ4v) is 2.52. The number of rotatable bonds is 6. The molecule has 0 aliphatic heterocycles. The lowest BCUT2D eigenvalue weighted by atomic mass is 10.2. The van der Waals surface area contributed by atoms with Crippen molar-refractivity contribution in [2.24, 2.45) is 0 Å². The number of carbonyl (C=O) groups is 1. The second-order valence-corrected chi connectivity index (χ2v) is 5.42. The molecule has 0 saturated heterocycles. The van der Waals surface area contributed by atoms with Crippen molar-refractivity contribution in [3.05, 3.63) is 60.8 Å². The zero-order valence-corrected chi connectivity index (χ0v) is 14.3. The molecule has 7 heteroatoms. The largest absolute Gasteiger partial charge is 0.372 e. The van der Waals surface area contributed by atoms with Crippen LogP contribution in [0.5, 0.6) is 0 Å². The third-order valence-electron chi connectivity index (χ3n) is 3.91. The van der Waals surface area contributed by atoms with Crippen LogP contribution in [0.2, 0.25) is 0 Å². The van der Waals surface area contributed by atoms with Crippen LogP contribution in [0.25, 0.3) is 5.82 Å². The van der Waals surface area contributed by atoms with E-state index in [1.54, 1.807) is 35.4 Å². The van der Waals surface area contributed by atoms with Crippen LogP contribution >= 0.6 is 0 Å². The van der Waals surface area contributed by atoms with Crippen LogP contribution in [0, 0.1) is 0 Å². The third-order valence-corrected chi connectivity index (χ3v) is 3.91. The standard InChI is InChI=1S/C18H20N6O/c1-3-23(4-2)15-7-5-14(6-8-15)20-18(25)16-9-10-17(22-21-16)24-12-11-19-13-24/h5-13H,3-4H2,1-2H3,(H,20,25). The van der Waals surface area contributed by atoms with Crippen LogP contribution in [0.3, 0.4) is 0 Å². The quantitative estimate of drug-likeness (QED) is 0.749. The van der Waals surface area contributed by atoms with Crippen LogP contribution in [0.1, 0.15) is 24.3 Å². The summed E-state index contributed by atoms with van der Waals surface area (Å²) in [5, 5.41) is 10.9. The van der Waals surface area contributed by atoms with Gasteiger partial charge in [-0.25, -0.2) is 4.98 Å². The van der Waals surface area contributed by atoms with Crippen molar-refractivity contribution < 1.29 is 4.79 Å². The molecule has 0 aliphatic rings. The van der Waals surface area contributed by atoms with Gasteiger partial charge in [-0.15, -0.1) is 10.2 Å². The highest BCUT2D eigenvalue weighted by molar-refractivity contribution is 6.02. The molecule has 0 aliphatic carbocycles. The maximum atomic E-state index is 12.3. The number of imidazole rings is 1. The summed E-state index contributed by atoms with van der Waals surface area (Å²) in [7, 11) is 0. The van der Waals surface area contributed by atoms with E-state index in [-0.39, 0.29) is 11.6 Å².